The Morgan fingerprint density at radius 2 is 1.68 bits per heavy atom. The van der Waals surface area contributed by atoms with Gasteiger partial charge in [-0.2, -0.15) is 13.2 Å². The van der Waals surface area contributed by atoms with Crippen molar-refractivity contribution in [1.29, 1.82) is 0 Å². The lowest BCUT2D eigenvalue weighted by molar-refractivity contribution is -0.266. The summed E-state index contributed by atoms with van der Waals surface area (Å²) in [5, 5.41) is 32.2. The van der Waals surface area contributed by atoms with Crippen LogP contribution in [0.3, 0.4) is 0 Å². The standard InChI is InChI=1S/C22H24ClF4NO3/c1-13(28-31)14-4-5-15(19(23)8-14)10-21(30,22(25,26)27)12-20(2,3)18-9-17(24)7-6-16(18)11-29/h4-9,29-31H,10-12H2,1-3H3/b28-13+. The third-order valence-electron chi connectivity index (χ3n) is 5.34. The minimum atomic E-state index is -5.01. The molecule has 0 aliphatic heterocycles. The van der Waals surface area contributed by atoms with Crippen LogP contribution in [0.4, 0.5) is 17.6 Å². The van der Waals surface area contributed by atoms with E-state index in [2.05, 4.69) is 5.16 Å². The third kappa shape index (κ3) is 5.56. The molecule has 0 amide bonds. The highest BCUT2D eigenvalue weighted by molar-refractivity contribution is 6.31. The zero-order chi connectivity index (χ0) is 23.6. The van der Waals surface area contributed by atoms with Crippen LogP contribution in [-0.4, -0.2) is 32.9 Å². The molecule has 31 heavy (non-hydrogen) atoms. The Balaban J connectivity index is 2.47. The second-order valence-electron chi connectivity index (χ2n) is 8.22. The van der Waals surface area contributed by atoms with Gasteiger partial charge in [-0.05, 0) is 53.6 Å². The van der Waals surface area contributed by atoms with E-state index in [1.807, 2.05) is 0 Å². The first-order chi connectivity index (χ1) is 14.2. The van der Waals surface area contributed by atoms with Crippen molar-refractivity contribution in [1.82, 2.24) is 0 Å². The highest BCUT2D eigenvalue weighted by Gasteiger charge is 2.56. The van der Waals surface area contributed by atoms with Crippen LogP contribution < -0.4 is 0 Å². The molecule has 1 atom stereocenters. The number of hydrogen-bond acceptors (Lipinski definition) is 4. The van der Waals surface area contributed by atoms with Crippen LogP contribution in [0.25, 0.3) is 0 Å². The first-order valence-electron chi connectivity index (χ1n) is 9.40. The summed E-state index contributed by atoms with van der Waals surface area (Å²) in [4.78, 5) is 0. The Bertz CT molecular complexity index is 976. The number of oxime groups is 1. The van der Waals surface area contributed by atoms with Gasteiger partial charge in [0, 0.05) is 17.0 Å². The van der Waals surface area contributed by atoms with Crippen LogP contribution in [-0.2, 0) is 18.4 Å². The number of hydrogen-bond donors (Lipinski definition) is 3. The second kappa shape index (κ2) is 9.14. The maximum absolute atomic E-state index is 14.0. The molecule has 2 aromatic carbocycles. The highest BCUT2D eigenvalue weighted by Crippen LogP contribution is 2.44. The van der Waals surface area contributed by atoms with Gasteiger partial charge in [-0.3, -0.25) is 0 Å². The minimum Gasteiger partial charge on any atom is -0.411 e. The average Bonchev–Trinajstić information content (AvgIpc) is 2.67. The first-order valence-corrected chi connectivity index (χ1v) is 9.78. The topological polar surface area (TPSA) is 73.1 Å². The van der Waals surface area contributed by atoms with Crippen LogP contribution in [0.1, 0.15) is 49.4 Å². The van der Waals surface area contributed by atoms with Gasteiger partial charge in [0.25, 0.3) is 0 Å². The van der Waals surface area contributed by atoms with Crippen LogP contribution in [0.15, 0.2) is 41.6 Å². The largest absolute Gasteiger partial charge is 0.417 e. The van der Waals surface area contributed by atoms with Crippen LogP contribution in [0.5, 0.6) is 0 Å². The number of rotatable bonds is 7. The van der Waals surface area contributed by atoms with E-state index in [4.69, 9.17) is 16.8 Å². The molecule has 0 fully saturated rings. The molecular formula is C22H24ClF4NO3. The zero-order valence-electron chi connectivity index (χ0n) is 17.3. The van der Waals surface area contributed by atoms with Crippen molar-refractivity contribution in [2.45, 2.75) is 57.4 Å². The van der Waals surface area contributed by atoms with Crippen LogP contribution >= 0.6 is 11.6 Å². The Morgan fingerprint density at radius 1 is 1.06 bits per heavy atom. The molecule has 0 aliphatic rings. The molecular weight excluding hydrogens is 438 g/mol. The molecule has 9 heteroatoms. The van der Waals surface area contributed by atoms with Gasteiger partial charge in [-0.15, -0.1) is 0 Å². The van der Waals surface area contributed by atoms with E-state index in [1.54, 1.807) is 0 Å². The van der Waals surface area contributed by atoms with Gasteiger partial charge in [-0.25, -0.2) is 4.39 Å². The number of halogens is 5. The smallest absolute Gasteiger partial charge is 0.411 e. The number of aliphatic hydroxyl groups excluding tert-OH is 1. The molecule has 0 radical (unpaired) electrons. The van der Waals surface area contributed by atoms with Gasteiger partial charge in [0.15, 0.2) is 5.60 Å². The molecule has 2 aromatic rings. The number of nitrogens with zero attached hydrogens (tertiary/aromatic N) is 1. The van der Waals surface area contributed by atoms with Gasteiger partial charge in [0.1, 0.15) is 5.82 Å². The Hall–Kier alpha value is -2.16. The minimum absolute atomic E-state index is 0.0252. The predicted molar refractivity (Wildman–Crippen MR) is 110 cm³/mol. The molecule has 0 aliphatic carbocycles. The zero-order valence-corrected chi connectivity index (χ0v) is 18.0. The van der Waals surface area contributed by atoms with E-state index in [9.17, 15) is 27.8 Å². The number of benzene rings is 2. The molecule has 1 unspecified atom stereocenters. The summed E-state index contributed by atoms with van der Waals surface area (Å²) in [5.41, 5.74) is -3.38. The fourth-order valence-corrected chi connectivity index (χ4v) is 3.94. The second-order valence-corrected chi connectivity index (χ2v) is 8.63. The maximum Gasteiger partial charge on any atom is 0.417 e. The van der Waals surface area contributed by atoms with Crippen LogP contribution in [0.2, 0.25) is 5.02 Å². The summed E-state index contributed by atoms with van der Waals surface area (Å²) >= 11 is 6.15. The van der Waals surface area contributed by atoms with Crippen molar-refractivity contribution < 1.29 is 33.0 Å². The lowest BCUT2D eigenvalue weighted by Crippen LogP contribution is -2.51. The molecule has 0 spiro atoms. The monoisotopic (exact) mass is 461 g/mol. The summed E-state index contributed by atoms with van der Waals surface area (Å²) in [6, 6.07) is 7.61. The maximum atomic E-state index is 14.0. The van der Waals surface area contributed by atoms with Crippen molar-refractivity contribution in [2.24, 2.45) is 5.16 Å². The lowest BCUT2D eigenvalue weighted by atomic mass is 9.71. The quantitative estimate of drug-likeness (QED) is 0.224. The highest BCUT2D eigenvalue weighted by atomic mass is 35.5. The molecule has 0 saturated carbocycles. The number of alkyl halides is 3. The lowest BCUT2D eigenvalue weighted by Gasteiger charge is -2.39. The van der Waals surface area contributed by atoms with Crippen molar-refractivity contribution >= 4 is 17.3 Å². The molecule has 0 bridgehead atoms. The molecule has 0 aromatic heterocycles. The molecule has 0 heterocycles. The Morgan fingerprint density at radius 3 is 2.19 bits per heavy atom. The molecule has 0 saturated heterocycles. The fourth-order valence-electron chi connectivity index (χ4n) is 3.69. The van der Waals surface area contributed by atoms with Gasteiger partial charge in [0.05, 0.1) is 12.3 Å². The summed E-state index contributed by atoms with van der Waals surface area (Å²) in [6.07, 6.45) is -6.64. The summed E-state index contributed by atoms with van der Waals surface area (Å²) < 4.78 is 55.9. The Kier molecular flexibility index (Phi) is 7.40. The normalized spacial score (nSPS) is 15.1. The summed E-state index contributed by atoms with van der Waals surface area (Å²) in [7, 11) is 0. The van der Waals surface area contributed by atoms with Gasteiger partial charge < -0.3 is 15.4 Å². The van der Waals surface area contributed by atoms with Crippen molar-refractivity contribution in [2.75, 3.05) is 0 Å². The number of aliphatic hydroxyl groups is 2. The summed E-state index contributed by atoms with van der Waals surface area (Å²) in [5.74, 6) is -0.657. The van der Waals surface area contributed by atoms with E-state index in [-0.39, 0.29) is 27.4 Å². The van der Waals surface area contributed by atoms with E-state index in [1.165, 1.54) is 45.0 Å². The van der Waals surface area contributed by atoms with Gasteiger partial charge in [-0.1, -0.05) is 48.8 Å². The van der Waals surface area contributed by atoms with E-state index in [0.29, 0.717) is 5.56 Å². The SMILES string of the molecule is C/C(=N\O)c1ccc(CC(O)(CC(C)(C)c2cc(F)ccc2CO)C(F)(F)F)c(Cl)c1. The van der Waals surface area contributed by atoms with E-state index in [0.717, 1.165) is 12.1 Å². The molecule has 2 rings (SSSR count). The predicted octanol–water partition coefficient (Wildman–Crippen LogP) is 5.37. The Labute approximate surface area is 182 Å². The van der Waals surface area contributed by atoms with Crippen molar-refractivity contribution in [3.63, 3.8) is 0 Å². The van der Waals surface area contributed by atoms with Crippen molar-refractivity contribution in [3.8, 4) is 0 Å². The van der Waals surface area contributed by atoms with E-state index < -0.39 is 42.5 Å². The molecule has 3 N–H and O–H groups in total. The molecule has 170 valence electrons. The first kappa shape index (κ1) is 25.1. The van der Waals surface area contributed by atoms with Crippen molar-refractivity contribution in [3.05, 3.63) is 69.5 Å². The van der Waals surface area contributed by atoms with Crippen LogP contribution in [0, 0.1) is 5.82 Å². The average molecular weight is 462 g/mol. The fraction of sp³-hybridized carbons (Fsp3) is 0.409. The summed E-state index contributed by atoms with van der Waals surface area (Å²) in [6.45, 7) is 3.91. The molecule has 4 nitrogen and oxygen atoms in total. The van der Waals surface area contributed by atoms with Gasteiger partial charge >= 0.3 is 6.18 Å². The third-order valence-corrected chi connectivity index (χ3v) is 5.69. The van der Waals surface area contributed by atoms with Gasteiger partial charge in [0.2, 0.25) is 0 Å². The van der Waals surface area contributed by atoms with E-state index >= 15 is 0 Å².